The maximum absolute atomic E-state index is 12.8. The molecule has 0 unspecified atom stereocenters. The van der Waals surface area contributed by atoms with Crippen LogP contribution in [0, 0.1) is 5.92 Å². The zero-order chi connectivity index (χ0) is 21.0. The second-order valence-corrected chi connectivity index (χ2v) is 8.95. The minimum atomic E-state index is -0.0194. The van der Waals surface area contributed by atoms with Crippen LogP contribution in [-0.2, 0) is 11.3 Å². The minimum absolute atomic E-state index is 0.0194. The number of amides is 2. The van der Waals surface area contributed by atoms with E-state index in [2.05, 4.69) is 5.32 Å². The van der Waals surface area contributed by atoms with Gasteiger partial charge in [-0.15, -0.1) is 11.3 Å². The molecule has 2 aromatic rings. The first-order valence-electron chi connectivity index (χ1n) is 10.1. The Bertz CT molecular complexity index is 837. The Balaban J connectivity index is 1.52. The van der Waals surface area contributed by atoms with Gasteiger partial charge in [-0.1, -0.05) is 13.8 Å². The van der Waals surface area contributed by atoms with Gasteiger partial charge < -0.3 is 15.1 Å². The average Bonchev–Trinajstić information content (AvgIpc) is 3.20. The van der Waals surface area contributed by atoms with Gasteiger partial charge in [0.05, 0.1) is 17.2 Å². The summed E-state index contributed by atoms with van der Waals surface area (Å²) in [6.45, 7) is 5.74. The van der Waals surface area contributed by atoms with Crippen molar-refractivity contribution in [3.8, 4) is 0 Å². The van der Waals surface area contributed by atoms with Crippen LogP contribution in [0.1, 0.15) is 53.7 Å². The van der Waals surface area contributed by atoms with Crippen LogP contribution in [0.25, 0.3) is 0 Å². The highest BCUT2D eigenvalue weighted by Crippen LogP contribution is 2.31. The summed E-state index contributed by atoms with van der Waals surface area (Å²) < 4.78 is 0. The molecule has 0 bridgehead atoms. The predicted octanol–water partition coefficient (Wildman–Crippen LogP) is 3.50. The molecule has 0 spiro atoms. The van der Waals surface area contributed by atoms with Crippen molar-refractivity contribution in [3.05, 3.63) is 45.9 Å². The fourth-order valence-corrected chi connectivity index (χ4v) is 4.38. The van der Waals surface area contributed by atoms with Gasteiger partial charge in [-0.2, -0.15) is 0 Å². The van der Waals surface area contributed by atoms with E-state index < -0.39 is 0 Å². The number of piperidine rings is 1. The van der Waals surface area contributed by atoms with Crippen LogP contribution in [0.4, 0.5) is 5.69 Å². The number of rotatable bonds is 6. The lowest BCUT2D eigenvalue weighted by Gasteiger charge is -2.31. The van der Waals surface area contributed by atoms with Gasteiger partial charge >= 0.3 is 0 Å². The van der Waals surface area contributed by atoms with Gasteiger partial charge in [-0.25, -0.2) is 4.98 Å². The third-order valence-electron chi connectivity index (χ3n) is 5.30. The molecule has 156 valence electrons. The van der Waals surface area contributed by atoms with Crippen molar-refractivity contribution in [2.45, 2.75) is 39.2 Å². The monoisotopic (exact) mass is 414 g/mol. The molecule has 0 radical (unpaired) electrons. The zero-order valence-corrected chi connectivity index (χ0v) is 18.5. The summed E-state index contributed by atoms with van der Waals surface area (Å²) in [5.74, 6) is 0.513. The standard InChI is InChI=1S/C22H30N4O2S/c1-15(2)20(27)23-13-18-14-29-21(24-18)16-9-11-26(12-10-16)22(28)17-5-7-19(8-6-17)25(3)4/h5-8,14-16H,9-13H2,1-4H3,(H,23,27). The Morgan fingerprint density at radius 3 is 2.45 bits per heavy atom. The van der Waals surface area contributed by atoms with E-state index in [9.17, 15) is 9.59 Å². The molecular formula is C22H30N4O2S. The van der Waals surface area contributed by atoms with Crippen molar-refractivity contribution in [2.75, 3.05) is 32.1 Å². The van der Waals surface area contributed by atoms with E-state index in [1.165, 1.54) is 0 Å². The van der Waals surface area contributed by atoms with E-state index >= 15 is 0 Å². The maximum atomic E-state index is 12.8. The molecule has 1 aromatic carbocycles. The molecule has 29 heavy (non-hydrogen) atoms. The van der Waals surface area contributed by atoms with E-state index in [-0.39, 0.29) is 17.7 Å². The average molecular weight is 415 g/mol. The molecule has 1 saturated heterocycles. The summed E-state index contributed by atoms with van der Waals surface area (Å²) >= 11 is 1.66. The van der Waals surface area contributed by atoms with Gasteiger partial charge in [0.25, 0.3) is 5.91 Å². The van der Waals surface area contributed by atoms with Gasteiger partial charge in [0.15, 0.2) is 0 Å². The molecule has 1 aromatic heterocycles. The summed E-state index contributed by atoms with van der Waals surface area (Å²) in [6.07, 6.45) is 1.85. The fraction of sp³-hybridized carbons (Fsp3) is 0.500. The number of thiazole rings is 1. The number of hydrogen-bond acceptors (Lipinski definition) is 5. The SMILES string of the molecule is CC(C)C(=O)NCc1csc(C2CCN(C(=O)c3ccc(N(C)C)cc3)CC2)n1. The summed E-state index contributed by atoms with van der Waals surface area (Å²) in [4.78, 5) is 33.2. The van der Waals surface area contributed by atoms with Gasteiger partial charge in [0.1, 0.15) is 0 Å². The Labute approximate surface area is 176 Å². The van der Waals surface area contributed by atoms with E-state index in [4.69, 9.17) is 4.98 Å². The Morgan fingerprint density at radius 1 is 1.21 bits per heavy atom. The number of benzene rings is 1. The lowest BCUT2D eigenvalue weighted by Crippen LogP contribution is -2.37. The first kappa shape index (κ1) is 21.3. The second kappa shape index (κ2) is 9.39. The number of nitrogens with one attached hydrogen (secondary N) is 1. The van der Waals surface area contributed by atoms with Crippen LogP contribution < -0.4 is 10.2 Å². The van der Waals surface area contributed by atoms with Crippen LogP contribution in [0.15, 0.2) is 29.6 Å². The van der Waals surface area contributed by atoms with E-state index in [0.717, 1.165) is 47.9 Å². The molecule has 2 amide bonds. The Hall–Kier alpha value is -2.41. The third kappa shape index (κ3) is 5.35. The van der Waals surface area contributed by atoms with E-state index in [1.807, 2.05) is 67.4 Å². The van der Waals surface area contributed by atoms with Crippen molar-refractivity contribution in [2.24, 2.45) is 5.92 Å². The topological polar surface area (TPSA) is 65.5 Å². The van der Waals surface area contributed by atoms with Crippen molar-refractivity contribution in [1.29, 1.82) is 0 Å². The molecule has 1 aliphatic heterocycles. The quantitative estimate of drug-likeness (QED) is 0.786. The van der Waals surface area contributed by atoms with Crippen LogP contribution in [0.2, 0.25) is 0 Å². The summed E-state index contributed by atoms with van der Waals surface area (Å²) in [6, 6.07) is 7.77. The predicted molar refractivity (Wildman–Crippen MR) is 117 cm³/mol. The number of hydrogen-bond donors (Lipinski definition) is 1. The van der Waals surface area contributed by atoms with E-state index in [1.54, 1.807) is 11.3 Å². The number of carbonyl (C=O) groups is 2. The fourth-order valence-electron chi connectivity index (χ4n) is 3.39. The van der Waals surface area contributed by atoms with Gasteiger partial charge in [-0.3, -0.25) is 9.59 Å². The van der Waals surface area contributed by atoms with Gasteiger partial charge in [-0.05, 0) is 37.1 Å². The molecule has 1 fully saturated rings. The maximum Gasteiger partial charge on any atom is 0.253 e. The minimum Gasteiger partial charge on any atom is -0.378 e. The van der Waals surface area contributed by atoms with Crippen molar-refractivity contribution in [1.82, 2.24) is 15.2 Å². The molecule has 0 atom stereocenters. The lowest BCUT2D eigenvalue weighted by atomic mass is 9.97. The Morgan fingerprint density at radius 2 is 1.86 bits per heavy atom. The molecule has 1 N–H and O–H groups in total. The van der Waals surface area contributed by atoms with E-state index in [0.29, 0.717) is 12.5 Å². The molecular weight excluding hydrogens is 384 g/mol. The third-order valence-corrected chi connectivity index (χ3v) is 6.36. The highest BCUT2D eigenvalue weighted by molar-refractivity contribution is 7.09. The van der Waals surface area contributed by atoms with Crippen LogP contribution in [0.5, 0.6) is 0 Å². The van der Waals surface area contributed by atoms with Crippen molar-refractivity contribution in [3.63, 3.8) is 0 Å². The highest BCUT2D eigenvalue weighted by atomic mass is 32.1. The summed E-state index contributed by atoms with van der Waals surface area (Å²) in [7, 11) is 3.98. The smallest absolute Gasteiger partial charge is 0.253 e. The number of nitrogens with zero attached hydrogens (tertiary/aromatic N) is 3. The lowest BCUT2D eigenvalue weighted by molar-refractivity contribution is -0.124. The molecule has 7 heteroatoms. The Kier molecular flexibility index (Phi) is 6.90. The van der Waals surface area contributed by atoms with Gasteiger partial charge in [0.2, 0.25) is 5.91 Å². The number of carbonyl (C=O) groups excluding carboxylic acids is 2. The van der Waals surface area contributed by atoms with Gasteiger partial charge in [0, 0.05) is 55.7 Å². The number of anilines is 1. The molecule has 6 nitrogen and oxygen atoms in total. The molecule has 0 saturated carbocycles. The molecule has 0 aliphatic carbocycles. The molecule has 3 rings (SSSR count). The first-order chi connectivity index (χ1) is 13.8. The molecule has 1 aliphatic rings. The second-order valence-electron chi connectivity index (χ2n) is 8.06. The largest absolute Gasteiger partial charge is 0.378 e. The molecule has 2 heterocycles. The first-order valence-corrected chi connectivity index (χ1v) is 11.0. The van der Waals surface area contributed by atoms with Crippen molar-refractivity contribution < 1.29 is 9.59 Å². The summed E-state index contributed by atoms with van der Waals surface area (Å²) in [5, 5.41) is 6.05. The van der Waals surface area contributed by atoms with Crippen LogP contribution >= 0.6 is 11.3 Å². The zero-order valence-electron chi connectivity index (χ0n) is 17.6. The number of likely N-dealkylation sites (tertiary alicyclic amines) is 1. The number of aromatic nitrogens is 1. The van der Waals surface area contributed by atoms with Crippen LogP contribution in [0.3, 0.4) is 0 Å². The van der Waals surface area contributed by atoms with Crippen LogP contribution in [-0.4, -0.2) is 48.9 Å². The highest BCUT2D eigenvalue weighted by Gasteiger charge is 2.26. The normalized spacial score (nSPS) is 14.9. The van der Waals surface area contributed by atoms with Crippen molar-refractivity contribution >= 4 is 28.8 Å². The summed E-state index contributed by atoms with van der Waals surface area (Å²) in [5.41, 5.74) is 2.74.